The number of hydrogen-bond acceptors (Lipinski definition) is 4. The van der Waals surface area contributed by atoms with Gasteiger partial charge in [0.25, 0.3) is 0 Å². The smallest absolute Gasteiger partial charge is 0.213 e. The normalized spacial score (nSPS) is 12.1. The summed E-state index contributed by atoms with van der Waals surface area (Å²) in [5, 5.41) is 7.80. The number of guanidine groups is 1. The Morgan fingerprint density at radius 1 is 1.21 bits per heavy atom. The van der Waals surface area contributed by atoms with Gasteiger partial charge >= 0.3 is 0 Å². The quantitative estimate of drug-likeness (QED) is 0.225. The van der Waals surface area contributed by atoms with Crippen molar-refractivity contribution in [2.24, 2.45) is 4.99 Å². The molecule has 0 spiro atoms. The van der Waals surface area contributed by atoms with E-state index in [1.54, 1.807) is 26.4 Å². The zero-order valence-electron chi connectivity index (χ0n) is 16.0. The van der Waals surface area contributed by atoms with Crippen molar-refractivity contribution in [1.29, 1.82) is 0 Å². The van der Waals surface area contributed by atoms with Crippen LogP contribution in [0, 0.1) is 0 Å². The molecule has 2 rings (SSSR count). The molecule has 2 aromatic rings. The number of hydrogen-bond donors (Lipinski definition) is 2. The van der Waals surface area contributed by atoms with Crippen molar-refractivity contribution >= 4 is 53.1 Å². The molecule has 1 heterocycles. The van der Waals surface area contributed by atoms with Gasteiger partial charge < -0.3 is 20.1 Å². The van der Waals surface area contributed by atoms with E-state index in [0.717, 1.165) is 11.1 Å². The average molecular weight is 539 g/mol. The highest BCUT2D eigenvalue weighted by molar-refractivity contribution is 14.0. The summed E-state index contributed by atoms with van der Waals surface area (Å²) in [6.07, 6.45) is 1.77. The van der Waals surface area contributed by atoms with Gasteiger partial charge in [-0.3, -0.25) is 4.99 Å². The molecule has 0 amide bonds. The maximum atomic E-state index is 6.27. The van der Waals surface area contributed by atoms with Crippen LogP contribution < -0.4 is 15.4 Å². The summed E-state index contributed by atoms with van der Waals surface area (Å²) in [5.74, 6) is 1.23. The van der Waals surface area contributed by atoms with Gasteiger partial charge in [-0.1, -0.05) is 35.3 Å². The summed E-state index contributed by atoms with van der Waals surface area (Å²) in [4.78, 5) is 8.52. The maximum Gasteiger partial charge on any atom is 0.213 e. The minimum absolute atomic E-state index is 0. The summed E-state index contributed by atoms with van der Waals surface area (Å²) < 4.78 is 10.4. The third-order valence-corrected chi connectivity index (χ3v) is 4.36. The molecule has 0 aliphatic rings. The summed E-state index contributed by atoms with van der Waals surface area (Å²) in [5.41, 5.74) is 1.96. The Hall–Kier alpha value is -1.29. The first kappa shape index (κ1) is 24.7. The highest BCUT2D eigenvalue weighted by Crippen LogP contribution is 2.26. The van der Waals surface area contributed by atoms with E-state index in [1.165, 1.54) is 0 Å². The van der Waals surface area contributed by atoms with Crippen LogP contribution in [0.15, 0.2) is 41.5 Å². The van der Waals surface area contributed by atoms with Crippen LogP contribution in [0.2, 0.25) is 10.0 Å². The van der Waals surface area contributed by atoms with Crippen molar-refractivity contribution in [2.75, 3.05) is 27.4 Å². The molecule has 1 aromatic carbocycles. The van der Waals surface area contributed by atoms with E-state index in [9.17, 15) is 0 Å². The van der Waals surface area contributed by atoms with E-state index in [0.29, 0.717) is 41.6 Å². The van der Waals surface area contributed by atoms with Crippen LogP contribution in [0.3, 0.4) is 0 Å². The van der Waals surface area contributed by atoms with E-state index in [4.69, 9.17) is 32.7 Å². The molecule has 154 valence electrons. The number of nitrogens with zero attached hydrogens (tertiary/aromatic N) is 2. The molecular formula is C19H25Cl2IN4O2. The average Bonchev–Trinajstić information content (AvgIpc) is 2.66. The lowest BCUT2D eigenvalue weighted by Crippen LogP contribution is -2.38. The lowest BCUT2D eigenvalue weighted by Gasteiger charge is -2.19. The zero-order valence-corrected chi connectivity index (χ0v) is 19.9. The summed E-state index contributed by atoms with van der Waals surface area (Å²) in [6, 6.07) is 9.21. The molecule has 0 saturated heterocycles. The number of nitrogens with one attached hydrogen (secondary N) is 2. The van der Waals surface area contributed by atoms with E-state index < -0.39 is 0 Å². The lowest BCUT2D eigenvalue weighted by atomic mass is 10.1. The van der Waals surface area contributed by atoms with Gasteiger partial charge in [0.2, 0.25) is 5.88 Å². The Balaban J connectivity index is 0.00000392. The highest BCUT2D eigenvalue weighted by Gasteiger charge is 2.12. The maximum absolute atomic E-state index is 6.27. The van der Waals surface area contributed by atoms with Crippen LogP contribution in [-0.2, 0) is 11.3 Å². The molecule has 9 heteroatoms. The second-order valence-electron chi connectivity index (χ2n) is 5.80. The van der Waals surface area contributed by atoms with Crippen LogP contribution >= 0.6 is 47.2 Å². The zero-order chi connectivity index (χ0) is 19.6. The van der Waals surface area contributed by atoms with Crippen molar-refractivity contribution in [2.45, 2.75) is 19.5 Å². The predicted molar refractivity (Wildman–Crippen MR) is 125 cm³/mol. The molecule has 0 aliphatic heterocycles. The molecule has 1 unspecified atom stereocenters. The molecular weight excluding hydrogens is 514 g/mol. The van der Waals surface area contributed by atoms with Gasteiger partial charge in [0, 0.05) is 43.0 Å². The number of aromatic nitrogens is 1. The van der Waals surface area contributed by atoms with Crippen molar-refractivity contribution in [3.05, 3.63) is 57.7 Å². The summed E-state index contributed by atoms with van der Waals surface area (Å²) in [6.45, 7) is 3.59. The number of halogens is 3. The number of benzene rings is 1. The van der Waals surface area contributed by atoms with Gasteiger partial charge in [-0.25, -0.2) is 4.98 Å². The number of methoxy groups -OCH3 is 1. The van der Waals surface area contributed by atoms with Crippen LogP contribution in [0.1, 0.15) is 24.1 Å². The molecule has 6 nitrogen and oxygen atoms in total. The minimum Gasteiger partial charge on any atom is -0.475 e. The van der Waals surface area contributed by atoms with Crippen molar-refractivity contribution in [3.8, 4) is 5.88 Å². The molecule has 0 fully saturated rings. The van der Waals surface area contributed by atoms with Crippen LogP contribution in [0.25, 0.3) is 0 Å². The van der Waals surface area contributed by atoms with Crippen LogP contribution in [-0.4, -0.2) is 38.3 Å². The van der Waals surface area contributed by atoms with Crippen molar-refractivity contribution in [1.82, 2.24) is 15.6 Å². The van der Waals surface area contributed by atoms with Gasteiger partial charge in [-0.2, -0.15) is 0 Å². The number of aliphatic imine (C=N–C) groups is 1. The number of pyridine rings is 1. The fraction of sp³-hybridized carbons (Fsp3) is 0.368. The molecule has 0 bridgehead atoms. The Labute approximate surface area is 193 Å². The van der Waals surface area contributed by atoms with Crippen LogP contribution in [0.5, 0.6) is 5.88 Å². The van der Waals surface area contributed by atoms with Gasteiger partial charge in [0.15, 0.2) is 5.96 Å². The van der Waals surface area contributed by atoms with Gasteiger partial charge in [-0.05, 0) is 30.2 Å². The van der Waals surface area contributed by atoms with Gasteiger partial charge in [-0.15, -0.1) is 24.0 Å². The van der Waals surface area contributed by atoms with Crippen LogP contribution in [0.4, 0.5) is 0 Å². The Morgan fingerprint density at radius 2 is 2.00 bits per heavy atom. The molecule has 0 radical (unpaired) electrons. The Bertz CT molecular complexity index is 760. The number of rotatable bonds is 8. The first-order valence-electron chi connectivity index (χ1n) is 8.52. The molecule has 1 atom stereocenters. The molecule has 0 aliphatic carbocycles. The standard InChI is InChI=1S/C19H24Cl2N4O2.HI/c1-13(16-6-5-15(20)10-17(16)21)25-19(22-2)24-12-14-4-7-18(23-11-14)27-9-8-26-3;/h4-7,10-11,13H,8-9,12H2,1-3H3,(H2,22,24,25);1H. The van der Waals surface area contributed by atoms with Crippen molar-refractivity contribution in [3.63, 3.8) is 0 Å². The highest BCUT2D eigenvalue weighted by atomic mass is 127. The summed E-state index contributed by atoms with van der Waals surface area (Å²) in [7, 11) is 3.35. The number of ether oxygens (including phenoxy) is 2. The lowest BCUT2D eigenvalue weighted by molar-refractivity contribution is 0.143. The molecule has 1 aromatic heterocycles. The fourth-order valence-electron chi connectivity index (χ4n) is 2.35. The monoisotopic (exact) mass is 538 g/mol. The fourth-order valence-corrected chi connectivity index (χ4v) is 2.92. The van der Waals surface area contributed by atoms with Gasteiger partial charge in [0.1, 0.15) is 6.61 Å². The predicted octanol–water partition coefficient (Wildman–Crippen LogP) is 4.46. The Morgan fingerprint density at radius 3 is 2.61 bits per heavy atom. The minimum atomic E-state index is -0.0318. The third kappa shape index (κ3) is 7.98. The second kappa shape index (κ2) is 13.0. The summed E-state index contributed by atoms with van der Waals surface area (Å²) >= 11 is 12.2. The second-order valence-corrected chi connectivity index (χ2v) is 6.65. The van der Waals surface area contributed by atoms with E-state index in [-0.39, 0.29) is 30.0 Å². The van der Waals surface area contributed by atoms with E-state index in [2.05, 4.69) is 20.6 Å². The van der Waals surface area contributed by atoms with Gasteiger partial charge in [0.05, 0.1) is 12.6 Å². The van der Waals surface area contributed by atoms with Crippen molar-refractivity contribution < 1.29 is 9.47 Å². The van der Waals surface area contributed by atoms with E-state index in [1.807, 2.05) is 31.2 Å². The van der Waals surface area contributed by atoms with E-state index >= 15 is 0 Å². The Kier molecular flexibility index (Phi) is 11.5. The third-order valence-electron chi connectivity index (χ3n) is 3.80. The molecule has 2 N–H and O–H groups in total. The first-order valence-corrected chi connectivity index (χ1v) is 9.28. The largest absolute Gasteiger partial charge is 0.475 e. The molecule has 0 saturated carbocycles. The first-order chi connectivity index (χ1) is 13.0. The molecule has 28 heavy (non-hydrogen) atoms. The topological polar surface area (TPSA) is 67.8 Å². The SMILES string of the molecule is CN=C(NCc1ccc(OCCOC)nc1)NC(C)c1ccc(Cl)cc1Cl.I.